The topological polar surface area (TPSA) is 72.9 Å². The van der Waals surface area contributed by atoms with Crippen LogP contribution in [0.4, 0.5) is 5.82 Å². The summed E-state index contributed by atoms with van der Waals surface area (Å²) in [7, 11) is 0. The third kappa shape index (κ3) is 5.70. The van der Waals surface area contributed by atoms with Crippen molar-refractivity contribution in [3.63, 3.8) is 0 Å². The number of pyridine rings is 1. The zero-order chi connectivity index (χ0) is 18.9. The van der Waals surface area contributed by atoms with E-state index >= 15 is 0 Å². The van der Waals surface area contributed by atoms with Crippen LogP contribution in [-0.2, 0) is 4.79 Å². The minimum absolute atomic E-state index is 0.179. The Labute approximate surface area is 161 Å². The lowest BCUT2D eigenvalue weighted by molar-refractivity contribution is -0.131. The minimum atomic E-state index is 0.179. The summed E-state index contributed by atoms with van der Waals surface area (Å²) in [4.78, 5) is 25.6. The van der Waals surface area contributed by atoms with E-state index in [0.717, 1.165) is 57.3 Å². The van der Waals surface area contributed by atoms with E-state index in [9.17, 15) is 4.79 Å². The Morgan fingerprint density at radius 1 is 1.22 bits per heavy atom. The highest BCUT2D eigenvalue weighted by molar-refractivity contribution is 5.81. The van der Waals surface area contributed by atoms with Crippen LogP contribution in [0.1, 0.15) is 26.2 Å². The van der Waals surface area contributed by atoms with Gasteiger partial charge >= 0.3 is 0 Å². The lowest BCUT2D eigenvalue weighted by Gasteiger charge is -2.35. The van der Waals surface area contributed by atoms with Gasteiger partial charge in [-0.1, -0.05) is 18.2 Å². The monoisotopic (exact) mass is 370 g/mol. The van der Waals surface area contributed by atoms with Crippen molar-refractivity contribution in [3.8, 4) is 0 Å². The number of aromatic nitrogens is 1. The SMILES string of the molecule is CCNC(=NCCC(=O)N1CCN(c2ccccn2)CC1)NC1CC=CC1. The van der Waals surface area contributed by atoms with Crippen LogP contribution in [0.5, 0.6) is 0 Å². The maximum absolute atomic E-state index is 12.5. The van der Waals surface area contributed by atoms with Gasteiger partial charge in [0.05, 0.1) is 6.54 Å². The van der Waals surface area contributed by atoms with Crippen LogP contribution in [-0.4, -0.2) is 67.1 Å². The summed E-state index contributed by atoms with van der Waals surface area (Å²) in [5.41, 5.74) is 0. The molecule has 0 unspecified atom stereocenters. The first-order valence-corrected chi connectivity index (χ1v) is 9.90. The normalized spacial score (nSPS) is 18.0. The standard InChI is InChI=1S/C20H30N6O/c1-2-21-20(24-17-7-3-4-8-17)23-12-10-19(27)26-15-13-25(14-16-26)18-9-5-6-11-22-18/h3-6,9,11,17H,2,7-8,10,12-16H2,1H3,(H2,21,23,24). The fourth-order valence-electron chi connectivity index (χ4n) is 3.40. The van der Waals surface area contributed by atoms with E-state index in [1.165, 1.54) is 0 Å². The Morgan fingerprint density at radius 3 is 2.67 bits per heavy atom. The Morgan fingerprint density at radius 2 is 2.00 bits per heavy atom. The number of aliphatic imine (C=N–C) groups is 1. The van der Waals surface area contributed by atoms with Crippen LogP contribution in [0.15, 0.2) is 41.5 Å². The second kappa shape index (κ2) is 9.94. The maximum Gasteiger partial charge on any atom is 0.224 e. The molecule has 1 aliphatic heterocycles. The van der Waals surface area contributed by atoms with Crippen molar-refractivity contribution in [2.45, 2.75) is 32.2 Å². The van der Waals surface area contributed by atoms with E-state index in [4.69, 9.17) is 0 Å². The number of anilines is 1. The van der Waals surface area contributed by atoms with E-state index in [1.54, 1.807) is 0 Å². The molecule has 1 aliphatic carbocycles. The number of hydrogen-bond donors (Lipinski definition) is 2. The molecule has 2 N–H and O–H groups in total. The van der Waals surface area contributed by atoms with Gasteiger partial charge in [0.2, 0.25) is 5.91 Å². The summed E-state index contributed by atoms with van der Waals surface area (Å²) in [5.74, 6) is 1.97. The van der Waals surface area contributed by atoms with Gasteiger partial charge in [-0.15, -0.1) is 0 Å². The van der Waals surface area contributed by atoms with Crippen LogP contribution < -0.4 is 15.5 Å². The Bertz CT molecular complexity index is 644. The van der Waals surface area contributed by atoms with Gasteiger partial charge in [0.15, 0.2) is 5.96 Å². The molecule has 1 fully saturated rings. The number of carbonyl (C=O) groups is 1. The molecule has 2 heterocycles. The van der Waals surface area contributed by atoms with Crippen LogP contribution in [0, 0.1) is 0 Å². The predicted octanol–water partition coefficient (Wildman–Crippen LogP) is 1.39. The second-order valence-corrected chi connectivity index (χ2v) is 6.85. The summed E-state index contributed by atoms with van der Waals surface area (Å²) in [6, 6.07) is 6.35. The van der Waals surface area contributed by atoms with Gasteiger partial charge < -0.3 is 20.4 Å². The molecule has 7 nitrogen and oxygen atoms in total. The predicted molar refractivity (Wildman–Crippen MR) is 109 cm³/mol. The van der Waals surface area contributed by atoms with E-state index < -0.39 is 0 Å². The summed E-state index contributed by atoms with van der Waals surface area (Å²) in [6.45, 7) is 6.51. The van der Waals surface area contributed by atoms with Gasteiger partial charge in [-0.05, 0) is 31.9 Å². The molecule has 1 saturated heterocycles. The highest BCUT2D eigenvalue weighted by Crippen LogP contribution is 2.13. The average Bonchev–Trinajstić information content (AvgIpc) is 3.22. The Hall–Kier alpha value is -2.57. The molecule has 0 aromatic carbocycles. The van der Waals surface area contributed by atoms with Gasteiger partial charge in [-0.3, -0.25) is 9.79 Å². The second-order valence-electron chi connectivity index (χ2n) is 6.85. The molecule has 0 radical (unpaired) electrons. The highest BCUT2D eigenvalue weighted by atomic mass is 16.2. The molecule has 27 heavy (non-hydrogen) atoms. The molecule has 7 heteroatoms. The lowest BCUT2D eigenvalue weighted by atomic mass is 10.2. The van der Waals surface area contributed by atoms with Crippen molar-refractivity contribution in [3.05, 3.63) is 36.5 Å². The van der Waals surface area contributed by atoms with Crippen molar-refractivity contribution in [2.24, 2.45) is 4.99 Å². The molecule has 146 valence electrons. The lowest BCUT2D eigenvalue weighted by Crippen LogP contribution is -2.49. The van der Waals surface area contributed by atoms with E-state index in [1.807, 2.05) is 29.3 Å². The van der Waals surface area contributed by atoms with Gasteiger partial charge in [0.25, 0.3) is 0 Å². The summed E-state index contributed by atoms with van der Waals surface area (Å²) in [6.07, 6.45) is 8.70. The first-order chi connectivity index (χ1) is 13.3. The third-order valence-corrected chi connectivity index (χ3v) is 4.89. The molecule has 0 saturated carbocycles. The molecule has 1 amide bonds. The van der Waals surface area contributed by atoms with Crippen LogP contribution in [0.3, 0.4) is 0 Å². The highest BCUT2D eigenvalue weighted by Gasteiger charge is 2.21. The zero-order valence-electron chi connectivity index (χ0n) is 16.1. The number of amides is 1. The summed E-state index contributed by atoms with van der Waals surface area (Å²) < 4.78 is 0. The maximum atomic E-state index is 12.5. The minimum Gasteiger partial charge on any atom is -0.357 e. The Balaban J connectivity index is 1.42. The zero-order valence-corrected chi connectivity index (χ0v) is 16.1. The molecule has 0 spiro atoms. The fraction of sp³-hybridized carbons (Fsp3) is 0.550. The molecule has 1 aromatic heterocycles. The van der Waals surface area contributed by atoms with Crippen LogP contribution in [0.25, 0.3) is 0 Å². The molecule has 2 aliphatic rings. The van der Waals surface area contributed by atoms with Crippen molar-refractivity contribution in [1.29, 1.82) is 0 Å². The van der Waals surface area contributed by atoms with Gasteiger partial charge in [-0.2, -0.15) is 0 Å². The van der Waals surface area contributed by atoms with Gasteiger partial charge in [0.1, 0.15) is 5.82 Å². The molecule has 1 aromatic rings. The quantitative estimate of drug-likeness (QED) is 0.450. The molecule has 3 rings (SSSR count). The third-order valence-electron chi connectivity index (χ3n) is 4.89. The molecule has 0 bridgehead atoms. The average molecular weight is 371 g/mol. The van der Waals surface area contributed by atoms with Crippen molar-refractivity contribution < 1.29 is 4.79 Å². The fourth-order valence-corrected chi connectivity index (χ4v) is 3.40. The van der Waals surface area contributed by atoms with Crippen molar-refractivity contribution >= 4 is 17.7 Å². The Kier molecular flexibility index (Phi) is 7.07. The summed E-state index contributed by atoms with van der Waals surface area (Å²) >= 11 is 0. The van der Waals surface area contributed by atoms with Crippen molar-refractivity contribution in [1.82, 2.24) is 20.5 Å². The number of rotatable bonds is 6. The van der Waals surface area contributed by atoms with Gasteiger partial charge in [-0.25, -0.2) is 4.98 Å². The number of carbonyl (C=O) groups excluding carboxylic acids is 1. The number of piperazine rings is 1. The number of guanidine groups is 1. The van der Waals surface area contributed by atoms with Crippen LogP contribution in [0.2, 0.25) is 0 Å². The van der Waals surface area contributed by atoms with E-state index in [0.29, 0.717) is 19.0 Å². The number of nitrogens with one attached hydrogen (secondary N) is 2. The van der Waals surface area contributed by atoms with Crippen molar-refractivity contribution in [2.75, 3.05) is 44.2 Å². The van der Waals surface area contributed by atoms with E-state index in [2.05, 4.69) is 44.6 Å². The smallest absolute Gasteiger partial charge is 0.224 e. The van der Waals surface area contributed by atoms with E-state index in [-0.39, 0.29) is 5.91 Å². The summed E-state index contributed by atoms with van der Waals surface area (Å²) in [5, 5.41) is 6.69. The molecular weight excluding hydrogens is 340 g/mol. The first kappa shape index (κ1) is 19.2. The largest absolute Gasteiger partial charge is 0.357 e. The molecular formula is C20H30N6O. The molecule has 0 atom stereocenters. The number of nitrogens with zero attached hydrogens (tertiary/aromatic N) is 4. The number of hydrogen-bond acceptors (Lipinski definition) is 4. The van der Waals surface area contributed by atoms with Gasteiger partial charge in [0, 0.05) is 51.4 Å². The van der Waals surface area contributed by atoms with Crippen LogP contribution >= 0.6 is 0 Å². The first-order valence-electron chi connectivity index (χ1n) is 9.90.